The molecule has 1 aromatic rings. The van der Waals surface area contributed by atoms with Gasteiger partial charge in [0.2, 0.25) is 0 Å². The lowest BCUT2D eigenvalue weighted by molar-refractivity contribution is -0.138. The number of anilines is 1. The number of carbonyl (C=O) groups is 2. The first-order valence-corrected chi connectivity index (χ1v) is 6.79. The van der Waals surface area contributed by atoms with Crippen LogP contribution in [0, 0.1) is 0 Å². The monoisotopic (exact) mass is 277 g/mol. The second kappa shape index (κ2) is 5.90. The highest BCUT2D eigenvalue weighted by atomic mass is 16.4. The summed E-state index contributed by atoms with van der Waals surface area (Å²) in [7, 11) is 0. The summed E-state index contributed by atoms with van der Waals surface area (Å²) in [6.45, 7) is 2.39. The van der Waals surface area contributed by atoms with Gasteiger partial charge >= 0.3 is 5.97 Å². The van der Waals surface area contributed by atoms with Gasteiger partial charge in [-0.05, 0) is 38.3 Å². The number of aliphatic carboxylic acids is 1. The number of nitrogens with zero attached hydrogens (tertiary/aromatic N) is 1. The van der Waals surface area contributed by atoms with Crippen LogP contribution in [0.5, 0.6) is 0 Å². The summed E-state index contributed by atoms with van der Waals surface area (Å²) in [5.74, 6) is -1.03. The molecule has 1 saturated carbocycles. The van der Waals surface area contributed by atoms with E-state index in [1.807, 2.05) is 6.92 Å². The molecule has 108 valence electrons. The Balaban J connectivity index is 2.11. The van der Waals surface area contributed by atoms with Crippen LogP contribution in [0.15, 0.2) is 18.3 Å². The summed E-state index contributed by atoms with van der Waals surface area (Å²) in [4.78, 5) is 26.7. The van der Waals surface area contributed by atoms with Crippen molar-refractivity contribution in [1.82, 2.24) is 10.3 Å². The molecule has 1 aliphatic rings. The first-order valence-electron chi connectivity index (χ1n) is 6.79. The Hall–Kier alpha value is -2.11. The fraction of sp³-hybridized carbons (Fsp3) is 0.500. The van der Waals surface area contributed by atoms with E-state index in [9.17, 15) is 9.59 Å². The molecule has 1 aliphatic carbocycles. The summed E-state index contributed by atoms with van der Waals surface area (Å²) in [6, 6.07) is 3.41. The molecule has 1 aromatic heterocycles. The van der Waals surface area contributed by atoms with Gasteiger partial charge in [-0.3, -0.25) is 14.6 Å². The van der Waals surface area contributed by atoms with E-state index >= 15 is 0 Å². The van der Waals surface area contributed by atoms with E-state index in [2.05, 4.69) is 15.6 Å². The van der Waals surface area contributed by atoms with E-state index in [4.69, 9.17) is 5.11 Å². The third-order valence-corrected chi connectivity index (χ3v) is 3.54. The maximum atomic E-state index is 11.7. The van der Waals surface area contributed by atoms with Crippen LogP contribution in [0.1, 0.15) is 43.1 Å². The molecule has 0 atom stereocenters. The van der Waals surface area contributed by atoms with Gasteiger partial charge in [-0.1, -0.05) is 0 Å². The molecule has 1 amide bonds. The SMILES string of the molecule is CCNC(=O)c1cc(NC2(CC(=O)O)CCC2)ccn1. The van der Waals surface area contributed by atoms with E-state index < -0.39 is 5.97 Å². The largest absolute Gasteiger partial charge is 0.481 e. The van der Waals surface area contributed by atoms with Crippen molar-refractivity contribution in [3.8, 4) is 0 Å². The van der Waals surface area contributed by atoms with Crippen molar-refractivity contribution in [2.45, 2.75) is 38.1 Å². The van der Waals surface area contributed by atoms with Crippen molar-refractivity contribution in [2.75, 3.05) is 11.9 Å². The van der Waals surface area contributed by atoms with Crippen LogP contribution in [0.25, 0.3) is 0 Å². The zero-order valence-electron chi connectivity index (χ0n) is 11.5. The normalized spacial score (nSPS) is 16.1. The Morgan fingerprint density at radius 3 is 2.75 bits per heavy atom. The minimum Gasteiger partial charge on any atom is -0.481 e. The number of hydrogen-bond acceptors (Lipinski definition) is 4. The van der Waals surface area contributed by atoms with Gasteiger partial charge in [-0.25, -0.2) is 0 Å². The molecule has 0 saturated heterocycles. The zero-order valence-corrected chi connectivity index (χ0v) is 11.5. The van der Waals surface area contributed by atoms with Crippen LogP contribution in [0.2, 0.25) is 0 Å². The number of carboxylic acid groups (broad SMARTS) is 1. The van der Waals surface area contributed by atoms with Gasteiger partial charge in [-0.15, -0.1) is 0 Å². The standard InChI is InChI=1S/C14H19N3O3/c1-2-15-13(20)11-8-10(4-7-16-11)17-14(5-3-6-14)9-12(18)19/h4,7-8H,2-3,5-6,9H2,1H3,(H,15,20)(H,16,17)(H,18,19). The number of hydrogen-bond donors (Lipinski definition) is 3. The van der Waals surface area contributed by atoms with Crippen molar-refractivity contribution in [2.24, 2.45) is 0 Å². The average molecular weight is 277 g/mol. The third kappa shape index (κ3) is 3.26. The molecule has 0 spiro atoms. The summed E-state index contributed by atoms with van der Waals surface area (Å²) in [5.41, 5.74) is 0.690. The van der Waals surface area contributed by atoms with Gasteiger partial charge in [0, 0.05) is 24.0 Å². The van der Waals surface area contributed by atoms with E-state index in [0.29, 0.717) is 12.2 Å². The lowest BCUT2D eigenvalue weighted by Gasteiger charge is -2.42. The molecule has 0 aliphatic heterocycles. The lowest BCUT2D eigenvalue weighted by atomic mass is 9.74. The van der Waals surface area contributed by atoms with Crippen molar-refractivity contribution in [1.29, 1.82) is 0 Å². The highest BCUT2D eigenvalue weighted by Crippen LogP contribution is 2.38. The first kappa shape index (κ1) is 14.3. The molecule has 2 rings (SSSR count). The third-order valence-electron chi connectivity index (χ3n) is 3.54. The Bertz CT molecular complexity index is 512. The molecule has 1 heterocycles. The fourth-order valence-corrected chi connectivity index (χ4v) is 2.43. The molecular weight excluding hydrogens is 258 g/mol. The molecule has 0 radical (unpaired) electrons. The van der Waals surface area contributed by atoms with Crippen LogP contribution in [0.4, 0.5) is 5.69 Å². The molecule has 6 heteroatoms. The van der Waals surface area contributed by atoms with E-state index in [0.717, 1.165) is 24.9 Å². The minimum atomic E-state index is -0.810. The quantitative estimate of drug-likeness (QED) is 0.735. The van der Waals surface area contributed by atoms with Crippen LogP contribution in [-0.4, -0.2) is 34.1 Å². The number of nitrogens with one attached hydrogen (secondary N) is 2. The van der Waals surface area contributed by atoms with Gasteiger partial charge in [-0.2, -0.15) is 0 Å². The van der Waals surface area contributed by atoms with Crippen molar-refractivity contribution < 1.29 is 14.7 Å². The highest BCUT2D eigenvalue weighted by molar-refractivity contribution is 5.93. The Kier molecular flexibility index (Phi) is 4.22. The van der Waals surface area contributed by atoms with Crippen molar-refractivity contribution >= 4 is 17.6 Å². The van der Waals surface area contributed by atoms with Crippen LogP contribution in [-0.2, 0) is 4.79 Å². The number of carbonyl (C=O) groups excluding carboxylic acids is 1. The Labute approximate surface area is 117 Å². The number of aromatic nitrogens is 1. The van der Waals surface area contributed by atoms with Crippen LogP contribution in [0.3, 0.4) is 0 Å². The molecule has 0 aromatic carbocycles. The summed E-state index contributed by atoms with van der Waals surface area (Å²) in [5, 5.41) is 14.9. The molecule has 6 nitrogen and oxygen atoms in total. The minimum absolute atomic E-state index is 0.0891. The topological polar surface area (TPSA) is 91.3 Å². The number of amides is 1. The van der Waals surface area contributed by atoms with Crippen molar-refractivity contribution in [3.63, 3.8) is 0 Å². The predicted octanol–water partition coefficient (Wildman–Crippen LogP) is 1.64. The van der Waals surface area contributed by atoms with Crippen molar-refractivity contribution in [3.05, 3.63) is 24.0 Å². The highest BCUT2D eigenvalue weighted by Gasteiger charge is 2.39. The molecule has 3 N–H and O–H groups in total. The molecular formula is C14H19N3O3. The smallest absolute Gasteiger partial charge is 0.305 e. The molecule has 20 heavy (non-hydrogen) atoms. The maximum absolute atomic E-state index is 11.7. The average Bonchev–Trinajstić information content (AvgIpc) is 2.36. The lowest BCUT2D eigenvalue weighted by Crippen LogP contribution is -2.46. The summed E-state index contributed by atoms with van der Waals surface area (Å²) < 4.78 is 0. The number of rotatable bonds is 6. The maximum Gasteiger partial charge on any atom is 0.305 e. The second-order valence-corrected chi connectivity index (χ2v) is 5.12. The van der Waals surface area contributed by atoms with Gasteiger partial charge in [0.05, 0.1) is 6.42 Å². The summed E-state index contributed by atoms with van der Waals surface area (Å²) >= 11 is 0. The fourth-order valence-electron chi connectivity index (χ4n) is 2.43. The van der Waals surface area contributed by atoms with Gasteiger partial charge in [0.1, 0.15) is 5.69 Å². The summed E-state index contributed by atoms with van der Waals surface area (Å²) in [6.07, 6.45) is 4.33. The first-order chi connectivity index (χ1) is 9.54. The van der Waals surface area contributed by atoms with E-state index in [1.165, 1.54) is 0 Å². The predicted molar refractivity (Wildman–Crippen MR) is 74.7 cm³/mol. The van der Waals surface area contributed by atoms with E-state index in [-0.39, 0.29) is 17.9 Å². The van der Waals surface area contributed by atoms with Gasteiger partial charge < -0.3 is 15.7 Å². The Morgan fingerprint density at radius 2 is 2.20 bits per heavy atom. The van der Waals surface area contributed by atoms with Crippen LogP contribution < -0.4 is 10.6 Å². The zero-order chi connectivity index (χ0) is 14.6. The van der Waals surface area contributed by atoms with Gasteiger partial charge in [0.15, 0.2) is 0 Å². The second-order valence-electron chi connectivity index (χ2n) is 5.12. The number of carboxylic acids is 1. The number of pyridine rings is 1. The Morgan fingerprint density at radius 1 is 1.45 bits per heavy atom. The van der Waals surface area contributed by atoms with Crippen LogP contribution >= 0.6 is 0 Å². The molecule has 0 unspecified atom stereocenters. The molecule has 0 bridgehead atoms. The molecule has 1 fully saturated rings. The van der Waals surface area contributed by atoms with E-state index in [1.54, 1.807) is 18.3 Å². The van der Waals surface area contributed by atoms with Gasteiger partial charge in [0.25, 0.3) is 5.91 Å².